The van der Waals surface area contributed by atoms with Gasteiger partial charge in [0, 0.05) is 18.6 Å². The molecule has 162 valence electrons. The fourth-order valence-electron chi connectivity index (χ4n) is 2.80. The van der Waals surface area contributed by atoms with Gasteiger partial charge in [0.25, 0.3) is 0 Å². The number of hydrogen-bond donors (Lipinski definition) is 1. The average Bonchev–Trinajstić information content (AvgIpc) is 2.70. The van der Waals surface area contributed by atoms with E-state index in [9.17, 15) is 22.4 Å². The third kappa shape index (κ3) is 6.17. The second-order valence-electron chi connectivity index (χ2n) is 6.68. The standard InChI is InChI=1S/C20H23ClFN3O4S/c1-14(20(27)23-2)24(12-15-4-6-16(21)7-5-15)19(26)13-25(30(3,28)29)18-10-8-17(22)9-11-18/h4-11,14H,12-13H2,1-3H3,(H,23,27). The van der Waals surface area contributed by atoms with Crippen LogP contribution >= 0.6 is 11.6 Å². The minimum absolute atomic E-state index is 0.0750. The first kappa shape index (κ1) is 23.6. The number of benzene rings is 2. The van der Waals surface area contributed by atoms with Crippen molar-refractivity contribution in [3.05, 3.63) is 64.9 Å². The highest BCUT2D eigenvalue weighted by Crippen LogP contribution is 2.20. The summed E-state index contributed by atoms with van der Waals surface area (Å²) in [5.41, 5.74) is 0.863. The number of sulfonamides is 1. The predicted molar refractivity (Wildman–Crippen MR) is 114 cm³/mol. The molecule has 0 heterocycles. The molecule has 2 aromatic carbocycles. The van der Waals surface area contributed by atoms with Crippen molar-refractivity contribution in [2.45, 2.75) is 19.5 Å². The van der Waals surface area contributed by atoms with Crippen LogP contribution in [0.25, 0.3) is 0 Å². The topological polar surface area (TPSA) is 86.8 Å². The molecule has 2 aromatic rings. The monoisotopic (exact) mass is 455 g/mol. The molecule has 7 nitrogen and oxygen atoms in total. The smallest absolute Gasteiger partial charge is 0.244 e. The summed E-state index contributed by atoms with van der Waals surface area (Å²) in [5.74, 6) is -1.52. The number of anilines is 1. The minimum Gasteiger partial charge on any atom is -0.357 e. The fraction of sp³-hybridized carbons (Fsp3) is 0.300. The minimum atomic E-state index is -3.84. The zero-order valence-electron chi connectivity index (χ0n) is 16.8. The van der Waals surface area contributed by atoms with Crippen molar-refractivity contribution >= 4 is 39.1 Å². The van der Waals surface area contributed by atoms with E-state index in [0.717, 1.165) is 28.3 Å². The van der Waals surface area contributed by atoms with Gasteiger partial charge in [0.1, 0.15) is 18.4 Å². The largest absolute Gasteiger partial charge is 0.357 e. The van der Waals surface area contributed by atoms with Gasteiger partial charge < -0.3 is 10.2 Å². The Bertz CT molecular complexity index is 998. The van der Waals surface area contributed by atoms with Crippen LogP contribution in [0.5, 0.6) is 0 Å². The number of hydrogen-bond acceptors (Lipinski definition) is 4. The van der Waals surface area contributed by atoms with Crippen molar-refractivity contribution in [2.24, 2.45) is 0 Å². The van der Waals surface area contributed by atoms with Gasteiger partial charge in [-0.05, 0) is 48.9 Å². The van der Waals surface area contributed by atoms with Crippen LogP contribution in [0.15, 0.2) is 48.5 Å². The van der Waals surface area contributed by atoms with Gasteiger partial charge in [-0.3, -0.25) is 13.9 Å². The van der Waals surface area contributed by atoms with E-state index in [1.807, 2.05) is 0 Å². The lowest BCUT2D eigenvalue weighted by Crippen LogP contribution is -2.50. The number of carbonyl (C=O) groups is 2. The highest BCUT2D eigenvalue weighted by molar-refractivity contribution is 7.92. The number of rotatable bonds is 8. The van der Waals surface area contributed by atoms with Gasteiger partial charge in [0.2, 0.25) is 21.8 Å². The molecule has 0 aliphatic heterocycles. The highest BCUT2D eigenvalue weighted by Gasteiger charge is 2.29. The number of amides is 2. The first-order chi connectivity index (χ1) is 14.0. The van der Waals surface area contributed by atoms with Crippen molar-refractivity contribution in [3.63, 3.8) is 0 Å². The van der Waals surface area contributed by atoms with E-state index in [1.165, 1.54) is 24.1 Å². The van der Waals surface area contributed by atoms with Crippen LogP contribution in [-0.4, -0.2) is 51.0 Å². The maximum atomic E-state index is 13.2. The molecule has 0 fully saturated rings. The van der Waals surface area contributed by atoms with Gasteiger partial charge in [-0.1, -0.05) is 23.7 Å². The molecule has 10 heteroatoms. The Hall–Kier alpha value is -2.65. The van der Waals surface area contributed by atoms with E-state index < -0.39 is 40.2 Å². The number of halogens is 2. The second kappa shape index (κ2) is 9.90. The molecule has 0 aromatic heterocycles. The molecule has 1 unspecified atom stereocenters. The molecule has 0 saturated carbocycles. The van der Waals surface area contributed by atoms with Crippen molar-refractivity contribution in [1.29, 1.82) is 0 Å². The summed E-state index contributed by atoms with van der Waals surface area (Å²) in [7, 11) is -2.39. The van der Waals surface area contributed by atoms with E-state index in [4.69, 9.17) is 11.6 Å². The summed E-state index contributed by atoms with van der Waals surface area (Å²) in [6.07, 6.45) is 0.954. The zero-order chi connectivity index (χ0) is 22.5. The summed E-state index contributed by atoms with van der Waals surface area (Å²) in [6.45, 7) is 1.08. The Morgan fingerprint density at radius 1 is 1.10 bits per heavy atom. The third-order valence-corrected chi connectivity index (χ3v) is 5.87. The normalized spacial score (nSPS) is 12.2. The summed E-state index contributed by atoms with van der Waals surface area (Å²) in [4.78, 5) is 26.6. The molecule has 0 spiro atoms. The van der Waals surface area contributed by atoms with Gasteiger partial charge in [-0.25, -0.2) is 12.8 Å². The second-order valence-corrected chi connectivity index (χ2v) is 9.03. The summed E-state index contributed by atoms with van der Waals surface area (Å²) < 4.78 is 38.7. The lowest BCUT2D eigenvalue weighted by molar-refractivity contribution is -0.139. The SMILES string of the molecule is CNC(=O)C(C)N(Cc1ccc(Cl)cc1)C(=O)CN(c1ccc(F)cc1)S(C)(=O)=O. The van der Waals surface area contributed by atoms with E-state index in [1.54, 1.807) is 31.2 Å². The molecule has 2 rings (SSSR count). The highest BCUT2D eigenvalue weighted by atomic mass is 35.5. The van der Waals surface area contributed by atoms with Crippen LogP contribution in [0.2, 0.25) is 5.02 Å². The summed E-state index contributed by atoms with van der Waals surface area (Å²) in [6, 6.07) is 10.7. The third-order valence-electron chi connectivity index (χ3n) is 4.47. The first-order valence-corrected chi connectivity index (χ1v) is 11.2. The molecule has 1 N–H and O–H groups in total. The van der Waals surface area contributed by atoms with Gasteiger partial charge in [-0.2, -0.15) is 0 Å². The Morgan fingerprint density at radius 2 is 1.67 bits per heavy atom. The van der Waals surface area contributed by atoms with E-state index in [0.29, 0.717) is 5.02 Å². The van der Waals surface area contributed by atoms with Crippen LogP contribution in [0, 0.1) is 5.82 Å². The molecule has 0 bridgehead atoms. The fourth-order valence-corrected chi connectivity index (χ4v) is 3.77. The van der Waals surface area contributed by atoms with E-state index in [-0.39, 0.29) is 12.2 Å². The molecule has 0 saturated heterocycles. The molecular formula is C20H23ClFN3O4S. The molecular weight excluding hydrogens is 433 g/mol. The molecule has 0 aliphatic rings. The van der Waals surface area contributed by atoms with Crippen LogP contribution in [0.1, 0.15) is 12.5 Å². The zero-order valence-corrected chi connectivity index (χ0v) is 18.4. The lowest BCUT2D eigenvalue weighted by Gasteiger charge is -2.31. The van der Waals surface area contributed by atoms with Gasteiger partial charge >= 0.3 is 0 Å². The first-order valence-electron chi connectivity index (χ1n) is 9.01. The van der Waals surface area contributed by atoms with Crippen molar-refractivity contribution < 1.29 is 22.4 Å². The number of likely N-dealkylation sites (N-methyl/N-ethyl adjacent to an activating group) is 1. The molecule has 0 aliphatic carbocycles. The van der Waals surface area contributed by atoms with Gasteiger partial charge in [-0.15, -0.1) is 0 Å². The van der Waals surface area contributed by atoms with E-state index >= 15 is 0 Å². The number of nitrogens with one attached hydrogen (secondary N) is 1. The van der Waals surface area contributed by atoms with Crippen LogP contribution < -0.4 is 9.62 Å². The summed E-state index contributed by atoms with van der Waals surface area (Å²) in [5, 5.41) is 3.01. The van der Waals surface area contributed by atoms with Gasteiger partial charge in [0.05, 0.1) is 11.9 Å². The van der Waals surface area contributed by atoms with Crippen molar-refractivity contribution in [2.75, 3.05) is 24.2 Å². The Morgan fingerprint density at radius 3 is 2.17 bits per heavy atom. The number of nitrogens with zero attached hydrogens (tertiary/aromatic N) is 2. The molecule has 30 heavy (non-hydrogen) atoms. The van der Waals surface area contributed by atoms with Crippen molar-refractivity contribution in [3.8, 4) is 0 Å². The Kier molecular flexibility index (Phi) is 7.80. The quantitative estimate of drug-likeness (QED) is 0.662. The maximum absolute atomic E-state index is 13.2. The summed E-state index contributed by atoms with van der Waals surface area (Å²) >= 11 is 5.90. The van der Waals surface area contributed by atoms with Crippen LogP contribution in [0.3, 0.4) is 0 Å². The van der Waals surface area contributed by atoms with Crippen molar-refractivity contribution in [1.82, 2.24) is 10.2 Å². The lowest BCUT2D eigenvalue weighted by atomic mass is 10.1. The van der Waals surface area contributed by atoms with E-state index in [2.05, 4.69) is 5.32 Å². The molecule has 1 atom stereocenters. The number of carbonyl (C=O) groups excluding carboxylic acids is 2. The molecule has 0 radical (unpaired) electrons. The van der Waals surface area contributed by atoms with Gasteiger partial charge in [0.15, 0.2) is 0 Å². The van der Waals surface area contributed by atoms with Crippen LogP contribution in [-0.2, 0) is 26.2 Å². The average molecular weight is 456 g/mol. The maximum Gasteiger partial charge on any atom is 0.244 e. The Balaban J connectivity index is 2.35. The predicted octanol–water partition coefficient (Wildman–Crippen LogP) is 2.41. The molecule has 2 amide bonds. The Labute approximate surface area is 180 Å². The van der Waals surface area contributed by atoms with Crippen LogP contribution in [0.4, 0.5) is 10.1 Å².